The maximum Gasteiger partial charge on any atom is 0.451 e. The standard InChI is InChI=1S/C25H20F4N6S/c26-19-8-6-18(7-9-19)21-20(17-4-2-1-3-5-17)22(32-23(31-21)25(27,28)29)33-12-14-34(15-13-33)24(36)35-11-10-30-16-35/h1-11,16H,12-15H2. The minimum Gasteiger partial charge on any atom is -0.352 e. The van der Waals surface area contributed by atoms with Crippen LogP contribution in [0.25, 0.3) is 22.4 Å². The zero-order chi connectivity index (χ0) is 25.3. The zero-order valence-corrected chi connectivity index (χ0v) is 19.7. The molecule has 0 saturated carbocycles. The van der Waals surface area contributed by atoms with Crippen LogP contribution in [0.4, 0.5) is 23.4 Å². The highest BCUT2D eigenvalue weighted by Gasteiger charge is 2.38. The van der Waals surface area contributed by atoms with Crippen molar-refractivity contribution < 1.29 is 17.6 Å². The van der Waals surface area contributed by atoms with E-state index in [1.165, 1.54) is 24.3 Å². The number of aromatic nitrogens is 4. The summed E-state index contributed by atoms with van der Waals surface area (Å²) in [4.78, 5) is 15.7. The number of thiocarbonyl (C=S) groups is 1. The third-order valence-corrected chi connectivity index (χ3v) is 6.37. The van der Waals surface area contributed by atoms with Crippen molar-refractivity contribution in [3.63, 3.8) is 0 Å². The van der Waals surface area contributed by atoms with Crippen molar-refractivity contribution in [2.75, 3.05) is 31.1 Å². The van der Waals surface area contributed by atoms with E-state index in [-0.39, 0.29) is 11.5 Å². The molecule has 5 rings (SSSR count). The highest BCUT2D eigenvalue weighted by Crippen LogP contribution is 2.40. The largest absolute Gasteiger partial charge is 0.451 e. The molecule has 0 amide bonds. The van der Waals surface area contributed by atoms with E-state index in [0.29, 0.717) is 48.0 Å². The van der Waals surface area contributed by atoms with Gasteiger partial charge in [-0.2, -0.15) is 13.2 Å². The van der Waals surface area contributed by atoms with Crippen LogP contribution < -0.4 is 4.90 Å². The van der Waals surface area contributed by atoms with Crippen molar-refractivity contribution >= 4 is 23.1 Å². The van der Waals surface area contributed by atoms with E-state index in [2.05, 4.69) is 15.0 Å². The Morgan fingerprint density at radius 3 is 2.17 bits per heavy atom. The Hall–Kier alpha value is -3.86. The maximum absolute atomic E-state index is 13.9. The molecule has 0 N–H and O–H groups in total. The molecule has 0 atom stereocenters. The summed E-state index contributed by atoms with van der Waals surface area (Å²) >= 11 is 5.54. The molecule has 0 radical (unpaired) electrons. The van der Waals surface area contributed by atoms with Gasteiger partial charge in [0.2, 0.25) is 5.82 Å². The van der Waals surface area contributed by atoms with Crippen molar-refractivity contribution in [1.82, 2.24) is 24.4 Å². The Balaban J connectivity index is 1.60. The number of alkyl halides is 3. The average Bonchev–Trinajstić information content (AvgIpc) is 3.43. The van der Waals surface area contributed by atoms with Gasteiger partial charge in [0.25, 0.3) is 0 Å². The average molecular weight is 513 g/mol. The number of hydrogen-bond donors (Lipinski definition) is 0. The van der Waals surface area contributed by atoms with Gasteiger partial charge in [0.15, 0.2) is 5.11 Å². The first-order chi connectivity index (χ1) is 17.3. The van der Waals surface area contributed by atoms with Crippen molar-refractivity contribution in [2.24, 2.45) is 0 Å². The molecule has 1 aliphatic rings. The molecule has 1 saturated heterocycles. The normalized spacial score (nSPS) is 14.2. The number of anilines is 1. The SMILES string of the molecule is Fc1ccc(-c2nc(C(F)(F)F)nc(N3CCN(C(=S)n4ccnc4)CC3)c2-c2ccccc2)cc1. The Morgan fingerprint density at radius 2 is 1.56 bits per heavy atom. The van der Waals surface area contributed by atoms with Crippen molar-refractivity contribution in [1.29, 1.82) is 0 Å². The second-order valence-corrected chi connectivity index (χ2v) is 8.56. The lowest BCUT2D eigenvalue weighted by atomic mass is 9.98. The van der Waals surface area contributed by atoms with Gasteiger partial charge in [-0.3, -0.25) is 4.57 Å². The number of rotatable bonds is 3. The van der Waals surface area contributed by atoms with Gasteiger partial charge < -0.3 is 9.80 Å². The van der Waals surface area contributed by atoms with Crippen LogP contribution in [-0.4, -0.2) is 55.7 Å². The molecule has 1 aliphatic heterocycles. The van der Waals surface area contributed by atoms with Crippen LogP contribution >= 0.6 is 12.2 Å². The monoisotopic (exact) mass is 512 g/mol. The molecule has 0 spiro atoms. The maximum atomic E-state index is 13.9. The summed E-state index contributed by atoms with van der Waals surface area (Å²) in [5.74, 6) is -1.56. The van der Waals surface area contributed by atoms with E-state index >= 15 is 0 Å². The second kappa shape index (κ2) is 9.65. The van der Waals surface area contributed by atoms with Crippen LogP contribution in [-0.2, 0) is 6.18 Å². The van der Waals surface area contributed by atoms with Gasteiger partial charge in [0, 0.05) is 44.1 Å². The minimum atomic E-state index is -4.76. The number of nitrogens with zero attached hydrogens (tertiary/aromatic N) is 6. The first kappa shape index (κ1) is 23.9. The third kappa shape index (κ3) is 4.78. The van der Waals surface area contributed by atoms with Crippen LogP contribution in [0.1, 0.15) is 5.82 Å². The molecule has 0 aliphatic carbocycles. The summed E-state index contributed by atoms with van der Waals surface area (Å²) in [6.45, 7) is 1.77. The third-order valence-electron chi connectivity index (χ3n) is 5.90. The summed E-state index contributed by atoms with van der Waals surface area (Å²) in [6.07, 6.45) is 0.225. The van der Waals surface area contributed by atoms with Crippen molar-refractivity contribution in [2.45, 2.75) is 6.18 Å². The van der Waals surface area contributed by atoms with Crippen LogP contribution in [0.3, 0.4) is 0 Å². The molecule has 36 heavy (non-hydrogen) atoms. The summed E-state index contributed by atoms with van der Waals surface area (Å²) in [5.41, 5.74) is 1.58. The second-order valence-electron chi connectivity index (χ2n) is 8.19. The van der Waals surface area contributed by atoms with Gasteiger partial charge in [0.1, 0.15) is 18.0 Å². The van der Waals surface area contributed by atoms with Crippen LogP contribution in [0.2, 0.25) is 0 Å². The molecule has 6 nitrogen and oxygen atoms in total. The predicted molar refractivity (Wildman–Crippen MR) is 132 cm³/mol. The van der Waals surface area contributed by atoms with E-state index in [0.717, 1.165) is 0 Å². The Morgan fingerprint density at radius 1 is 0.861 bits per heavy atom. The first-order valence-corrected chi connectivity index (χ1v) is 11.5. The molecule has 11 heteroatoms. The van der Waals surface area contributed by atoms with Crippen molar-refractivity contribution in [3.05, 3.63) is 85.0 Å². The molecule has 0 unspecified atom stereocenters. The topological polar surface area (TPSA) is 50.1 Å². The smallest absolute Gasteiger partial charge is 0.352 e. The molecule has 1 fully saturated rings. The van der Waals surface area contributed by atoms with E-state index < -0.39 is 17.8 Å². The van der Waals surface area contributed by atoms with Crippen molar-refractivity contribution in [3.8, 4) is 22.4 Å². The van der Waals surface area contributed by atoms with E-state index in [1.807, 2.05) is 15.9 Å². The quantitative estimate of drug-likeness (QED) is 0.281. The van der Waals surface area contributed by atoms with Crippen LogP contribution in [0.15, 0.2) is 73.3 Å². The van der Waals surface area contributed by atoms with E-state index in [1.54, 1.807) is 47.6 Å². The Kier molecular flexibility index (Phi) is 6.40. The molecule has 0 bridgehead atoms. The lowest BCUT2D eigenvalue weighted by Crippen LogP contribution is -2.50. The highest BCUT2D eigenvalue weighted by atomic mass is 32.1. The number of piperazine rings is 1. The first-order valence-electron chi connectivity index (χ1n) is 11.1. The minimum absolute atomic E-state index is 0.0925. The highest BCUT2D eigenvalue weighted by molar-refractivity contribution is 7.80. The fourth-order valence-electron chi connectivity index (χ4n) is 4.14. The summed E-state index contributed by atoms with van der Waals surface area (Å²) in [5, 5.41) is 0.570. The molecule has 2 aromatic heterocycles. The summed E-state index contributed by atoms with van der Waals surface area (Å²) in [6, 6.07) is 14.3. The van der Waals surface area contributed by atoms with Gasteiger partial charge >= 0.3 is 6.18 Å². The van der Waals surface area contributed by atoms with Gasteiger partial charge in [0.05, 0.1) is 11.3 Å². The molecular formula is C25H20F4N6S. The van der Waals surface area contributed by atoms with E-state index in [4.69, 9.17) is 12.2 Å². The van der Waals surface area contributed by atoms with Gasteiger partial charge in [-0.25, -0.2) is 19.3 Å². The van der Waals surface area contributed by atoms with E-state index in [9.17, 15) is 17.6 Å². The lowest BCUT2D eigenvalue weighted by molar-refractivity contribution is -0.144. The molecule has 184 valence electrons. The lowest BCUT2D eigenvalue weighted by Gasteiger charge is -2.37. The fraction of sp³-hybridized carbons (Fsp3) is 0.200. The van der Waals surface area contributed by atoms with Gasteiger partial charge in [-0.15, -0.1) is 0 Å². The molecule has 3 heterocycles. The summed E-state index contributed by atoms with van der Waals surface area (Å²) in [7, 11) is 0. The predicted octanol–water partition coefficient (Wildman–Crippen LogP) is 5.12. The fourth-order valence-corrected chi connectivity index (χ4v) is 4.43. The van der Waals surface area contributed by atoms with Gasteiger partial charge in [-0.1, -0.05) is 30.3 Å². The Labute approximate surface area is 209 Å². The summed E-state index contributed by atoms with van der Waals surface area (Å²) < 4.78 is 57.1. The molecule has 2 aromatic carbocycles. The van der Waals surface area contributed by atoms with Crippen LogP contribution in [0.5, 0.6) is 0 Å². The van der Waals surface area contributed by atoms with Crippen LogP contribution in [0, 0.1) is 5.82 Å². The molecular weight excluding hydrogens is 492 g/mol. The zero-order valence-electron chi connectivity index (χ0n) is 18.9. The van der Waals surface area contributed by atoms with Gasteiger partial charge in [-0.05, 0) is 42.0 Å². The molecule has 4 aromatic rings. The number of benzene rings is 2. The number of imidazole rings is 1. The number of halogens is 4. The Bertz CT molecular complexity index is 1350. The number of hydrogen-bond acceptors (Lipinski definition) is 5.